The summed E-state index contributed by atoms with van der Waals surface area (Å²) in [5, 5.41) is 24.3. The van der Waals surface area contributed by atoms with E-state index in [2.05, 4.69) is 15.3 Å². The molecule has 9 heteroatoms. The predicted molar refractivity (Wildman–Crippen MR) is 85.7 cm³/mol. The minimum absolute atomic E-state index is 0.0463. The van der Waals surface area contributed by atoms with Crippen molar-refractivity contribution in [3.63, 3.8) is 0 Å². The topological polar surface area (TPSA) is 95.4 Å². The number of non-ortho nitro benzene ring substituents is 1. The first kappa shape index (κ1) is 15.6. The molecule has 0 bridgehead atoms. The summed E-state index contributed by atoms with van der Waals surface area (Å²) in [5.41, 5.74) is 1.21. The molecule has 0 aliphatic carbocycles. The van der Waals surface area contributed by atoms with Crippen molar-refractivity contribution in [3.05, 3.63) is 45.8 Å². The third-order valence-electron chi connectivity index (χ3n) is 3.33. The molecule has 0 N–H and O–H groups in total. The molecule has 1 aliphatic rings. The Hall–Kier alpha value is -2.26. The molecule has 0 spiro atoms. The van der Waals surface area contributed by atoms with Crippen LogP contribution < -0.4 is 0 Å². The van der Waals surface area contributed by atoms with E-state index >= 15 is 0 Å². The van der Waals surface area contributed by atoms with Crippen LogP contribution in [0.25, 0.3) is 0 Å². The fourth-order valence-corrected chi connectivity index (χ4v) is 3.23. The van der Waals surface area contributed by atoms with Crippen molar-refractivity contribution >= 4 is 23.2 Å². The monoisotopic (exact) mass is 333 g/mol. The summed E-state index contributed by atoms with van der Waals surface area (Å²) in [6.45, 7) is 4.42. The summed E-state index contributed by atoms with van der Waals surface area (Å²) in [7, 11) is 0. The van der Waals surface area contributed by atoms with Gasteiger partial charge in [0.25, 0.3) is 5.69 Å². The van der Waals surface area contributed by atoms with E-state index in [1.807, 2.05) is 13.8 Å². The lowest BCUT2D eigenvalue weighted by atomic mass is 10.1. The van der Waals surface area contributed by atoms with E-state index in [0.717, 1.165) is 11.4 Å². The number of aromatic nitrogens is 3. The van der Waals surface area contributed by atoms with Crippen LogP contribution in [0, 0.1) is 10.1 Å². The average Bonchev–Trinajstić information content (AvgIpc) is 2.96. The molecular formula is C14H15N5O3S. The molecule has 0 fully saturated rings. The van der Waals surface area contributed by atoms with Crippen LogP contribution in [0.15, 0.2) is 34.5 Å². The van der Waals surface area contributed by atoms with Crippen molar-refractivity contribution in [1.29, 1.82) is 0 Å². The Kier molecular flexibility index (Phi) is 4.39. The van der Waals surface area contributed by atoms with Crippen molar-refractivity contribution in [1.82, 2.24) is 14.9 Å². The molecule has 23 heavy (non-hydrogen) atoms. The number of hydrogen-bond donors (Lipinski definition) is 0. The Morgan fingerprint density at radius 2 is 2.04 bits per heavy atom. The molecule has 0 saturated carbocycles. The van der Waals surface area contributed by atoms with Crippen LogP contribution in [0.4, 0.5) is 5.69 Å². The van der Waals surface area contributed by atoms with E-state index in [1.54, 1.807) is 16.8 Å². The summed E-state index contributed by atoms with van der Waals surface area (Å²) in [4.78, 5) is 10.4. The Bertz CT molecular complexity index is 756. The number of benzene rings is 1. The van der Waals surface area contributed by atoms with Crippen molar-refractivity contribution < 1.29 is 9.66 Å². The third kappa shape index (κ3) is 2.97. The number of aryl methyl sites for hydroxylation is 1. The highest BCUT2D eigenvalue weighted by molar-refractivity contribution is 8.00. The summed E-state index contributed by atoms with van der Waals surface area (Å²) >= 11 is 1.43. The second-order valence-corrected chi connectivity index (χ2v) is 5.79. The van der Waals surface area contributed by atoms with E-state index in [1.165, 1.54) is 23.9 Å². The van der Waals surface area contributed by atoms with Gasteiger partial charge in [0.15, 0.2) is 11.3 Å². The lowest BCUT2D eigenvalue weighted by molar-refractivity contribution is -0.384. The van der Waals surface area contributed by atoms with Gasteiger partial charge in [-0.1, -0.05) is 6.92 Å². The predicted octanol–water partition coefficient (Wildman–Crippen LogP) is 2.47. The van der Waals surface area contributed by atoms with Crippen molar-refractivity contribution in [3.8, 4) is 0 Å². The Labute approximate surface area is 136 Å². The quantitative estimate of drug-likeness (QED) is 0.616. The maximum atomic E-state index is 10.8. The highest BCUT2D eigenvalue weighted by Crippen LogP contribution is 2.31. The molecule has 120 valence electrons. The molecular weight excluding hydrogens is 318 g/mol. The van der Waals surface area contributed by atoms with E-state index in [-0.39, 0.29) is 11.1 Å². The fourth-order valence-electron chi connectivity index (χ4n) is 2.21. The molecule has 0 amide bonds. The average molecular weight is 333 g/mol. The number of thioether (sulfide) groups is 1. The Morgan fingerprint density at radius 3 is 2.65 bits per heavy atom. The van der Waals surface area contributed by atoms with Gasteiger partial charge in [-0.2, -0.15) is 9.78 Å². The number of fused-ring (bicyclic) bond motifs is 1. The summed E-state index contributed by atoms with van der Waals surface area (Å²) in [6.07, 6.45) is 0.712. The van der Waals surface area contributed by atoms with Gasteiger partial charge in [0.2, 0.25) is 5.16 Å². The SMILES string of the molecule is CCOC1Sc2nnc(CC)n2N=C1c1ccc([N+](=O)[O-])cc1. The Morgan fingerprint density at radius 1 is 1.30 bits per heavy atom. The highest BCUT2D eigenvalue weighted by atomic mass is 32.2. The van der Waals surface area contributed by atoms with Gasteiger partial charge in [-0.25, -0.2) is 0 Å². The van der Waals surface area contributed by atoms with Gasteiger partial charge in [0.1, 0.15) is 5.71 Å². The van der Waals surface area contributed by atoms with Gasteiger partial charge in [0.05, 0.1) is 4.92 Å². The molecule has 2 heterocycles. The zero-order chi connectivity index (χ0) is 16.4. The first-order valence-corrected chi connectivity index (χ1v) is 8.08. The summed E-state index contributed by atoms with van der Waals surface area (Å²) in [6, 6.07) is 6.30. The number of nitrogens with zero attached hydrogens (tertiary/aromatic N) is 5. The molecule has 2 aromatic rings. The first-order valence-electron chi connectivity index (χ1n) is 7.20. The summed E-state index contributed by atoms with van der Waals surface area (Å²) < 4.78 is 7.45. The molecule has 1 aromatic heterocycles. The largest absolute Gasteiger partial charge is 0.361 e. The fraction of sp³-hybridized carbons (Fsp3) is 0.357. The van der Waals surface area contributed by atoms with E-state index in [9.17, 15) is 10.1 Å². The smallest absolute Gasteiger partial charge is 0.269 e. The van der Waals surface area contributed by atoms with Gasteiger partial charge >= 0.3 is 0 Å². The van der Waals surface area contributed by atoms with E-state index in [0.29, 0.717) is 23.9 Å². The second kappa shape index (κ2) is 6.47. The van der Waals surface area contributed by atoms with Gasteiger partial charge in [-0.05, 0) is 30.8 Å². The van der Waals surface area contributed by atoms with E-state index in [4.69, 9.17) is 4.74 Å². The molecule has 8 nitrogen and oxygen atoms in total. The van der Waals surface area contributed by atoms with Gasteiger partial charge in [0, 0.05) is 30.7 Å². The van der Waals surface area contributed by atoms with Crippen molar-refractivity contribution in [2.45, 2.75) is 30.9 Å². The lowest BCUT2D eigenvalue weighted by Crippen LogP contribution is -2.27. The zero-order valence-corrected chi connectivity index (χ0v) is 13.5. The van der Waals surface area contributed by atoms with Crippen LogP contribution in [0.3, 0.4) is 0 Å². The normalized spacial score (nSPS) is 16.8. The maximum absolute atomic E-state index is 10.8. The zero-order valence-electron chi connectivity index (χ0n) is 12.7. The number of nitro benzene ring substituents is 1. The maximum Gasteiger partial charge on any atom is 0.269 e. The second-order valence-electron chi connectivity index (χ2n) is 4.76. The number of nitro groups is 1. The standard InChI is InChI=1S/C14H15N5O3S/c1-3-11-15-16-14-18(11)17-12(13(23-14)22-4-2)9-5-7-10(8-6-9)19(20)21/h5-8,13H,3-4H2,1-2H3. The van der Waals surface area contributed by atoms with Crippen LogP contribution in [-0.4, -0.2) is 37.6 Å². The molecule has 1 aliphatic heterocycles. The molecule has 1 atom stereocenters. The molecule has 1 unspecified atom stereocenters. The molecule has 3 rings (SSSR count). The van der Waals surface area contributed by atoms with Crippen LogP contribution in [0.5, 0.6) is 0 Å². The molecule has 0 saturated heterocycles. The van der Waals surface area contributed by atoms with Crippen molar-refractivity contribution in [2.24, 2.45) is 5.10 Å². The van der Waals surface area contributed by atoms with Crippen LogP contribution in [-0.2, 0) is 11.2 Å². The number of ether oxygens (including phenoxy) is 1. The molecule has 1 aromatic carbocycles. The van der Waals surface area contributed by atoms with Gasteiger partial charge in [-0.3, -0.25) is 10.1 Å². The molecule has 0 radical (unpaired) electrons. The number of hydrogen-bond acceptors (Lipinski definition) is 7. The van der Waals surface area contributed by atoms with E-state index < -0.39 is 4.92 Å². The van der Waals surface area contributed by atoms with Crippen LogP contribution in [0.1, 0.15) is 25.2 Å². The number of rotatable bonds is 5. The van der Waals surface area contributed by atoms with Gasteiger partial charge < -0.3 is 4.74 Å². The minimum Gasteiger partial charge on any atom is -0.361 e. The highest BCUT2D eigenvalue weighted by Gasteiger charge is 2.29. The minimum atomic E-state index is -0.422. The van der Waals surface area contributed by atoms with Crippen LogP contribution >= 0.6 is 11.8 Å². The third-order valence-corrected chi connectivity index (χ3v) is 4.37. The van der Waals surface area contributed by atoms with Crippen LogP contribution in [0.2, 0.25) is 0 Å². The lowest BCUT2D eigenvalue weighted by Gasteiger charge is -2.22. The summed E-state index contributed by atoms with van der Waals surface area (Å²) in [5.74, 6) is 0.766. The first-order chi connectivity index (χ1) is 11.1. The van der Waals surface area contributed by atoms with Gasteiger partial charge in [-0.15, -0.1) is 10.2 Å². The Balaban J connectivity index is 2.03. The van der Waals surface area contributed by atoms with Crippen molar-refractivity contribution in [2.75, 3.05) is 6.61 Å².